The number of para-hydroxylation sites is 1. The number of rotatable bonds is 10. The van der Waals surface area contributed by atoms with Crippen molar-refractivity contribution in [2.75, 3.05) is 35.1 Å². The fourth-order valence-electron chi connectivity index (χ4n) is 4.05. The number of hydrogen-bond donors (Lipinski definition) is 1. The van der Waals surface area contributed by atoms with Crippen molar-refractivity contribution in [3.63, 3.8) is 0 Å². The maximum Gasteiger partial charge on any atom is 0.232 e. The first kappa shape index (κ1) is 24.0. The highest BCUT2D eigenvalue weighted by atomic mass is 32.2. The van der Waals surface area contributed by atoms with E-state index in [0.29, 0.717) is 12.6 Å². The zero-order valence-corrected chi connectivity index (χ0v) is 19.2. The highest BCUT2D eigenvalue weighted by Crippen LogP contribution is 2.31. The third-order valence-corrected chi connectivity index (χ3v) is 6.80. The topological polar surface area (TPSA) is 69.7 Å². The third kappa shape index (κ3) is 5.97. The van der Waals surface area contributed by atoms with Crippen molar-refractivity contribution < 1.29 is 22.0 Å². The molecule has 1 atom stereocenters. The van der Waals surface area contributed by atoms with Crippen LogP contribution >= 0.6 is 0 Å². The van der Waals surface area contributed by atoms with Gasteiger partial charge in [0.15, 0.2) is 11.6 Å². The normalized spacial score (nSPS) is 15.5. The lowest BCUT2D eigenvalue weighted by Crippen LogP contribution is -2.34. The predicted octanol–water partition coefficient (Wildman–Crippen LogP) is 3.47. The Hall–Kier alpha value is -2.68. The summed E-state index contributed by atoms with van der Waals surface area (Å²) in [7, 11) is -3.70. The number of sulfonamides is 1. The minimum atomic E-state index is -3.70. The minimum absolute atomic E-state index is 0.000593. The monoisotopic (exact) mass is 465 g/mol. The summed E-state index contributed by atoms with van der Waals surface area (Å²) in [5, 5.41) is 2.87. The molecular weight excluding hydrogens is 436 g/mol. The second-order valence-electron chi connectivity index (χ2n) is 8.12. The molecule has 0 saturated heterocycles. The van der Waals surface area contributed by atoms with Crippen molar-refractivity contribution in [2.24, 2.45) is 0 Å². The second kappa shape index (κ2) is 10.3. The summed E-state index contributed by atoms with van der Waals surface area (Å²) in [6.45, 7) is 3.57. The zero-order valence-electron chi connectivity index (χ0n) is 18.4. The van der Waals surface area contributed by atoms with E-state index in [1.165, 1.54) is 17.3 Å². The molecule has 1 amide bonds. The van der Waals surface area contributed by atoms with Crippen molar-refractivity contribution >= 4 is 27.3 Å². The first-order valence-corrected chi connectivity index (χ1v) is 12.6. The molecule has 1 heterocycles. The van der Waals surface area contributed by atoms with E-state index in [2.05, 4.69) is 29.3 Å². The molecule has 0 saturated carbocycles. The Kier molecular flexibility index (Phi) is 7.71. The number of carbonyl (C=O) groups is 1. The molecular formula is C23H29F2N3O3S. The summed E-state index contributed by atoms with van der Waals surface area (Å²) in [5.41, 5.74) is 2.64. The highest BCUT2D eigenvalue weighted by molar-refractivity contribution is 7.92. The molecule has 0 spiro atoms. The van der Waals surface area contributed by atoms with Crippen LogP contribution in [0.1, 0.15) is 31.7 Å². The van der Waals surface area contributed by atoms with E-state index in [-0.39, 0.29) is 31.0 Å². The van der Waals surface area contributed by atoms with Crippen LogP contribution in [0.4, 0.5) is 20.2 Å². The average Bonchev–Trinajstić information content (AvgIpc) is 3.05. The largest absolute Gasteiger partial charge is 0.368 e. The molecule has 1 aliphatic rings. The molecule has 32 heavy (non-hydrogen) atoms. The van der Waals surface area contributed by atoms with Crippen LogP contribution in [0.5, 0.6) is 0 Å². The van der Waals surface area contributed by atoms with Gasteiger partial charge in [-0.2, -0.15) is 0 Å². The number of nitrogens with one attached hydrogen (secondary N) is 1. The van der Waals surface area contributed by atoms with Crippen LogP contribution in [-0.2, 0) is 21.2 Å². The van der Waals surface area contributed by atoms with Gasteiger partial charge in [0.1, 0.15) is 0 Å². The van der Waals surface area contributed by atoms with Gasteiger partial charge in [-0.3, -0.25) is 9.10 Å². The molecule has 1 unspecified atom stereocenters. The van der Waals surface area contributed by atoms with Crippen molar-refractivity contribution in [1.82, 2.24) is 5.32 Å². The number of nitrogens with zero attached hydrogens (tertiary/aromatic N) is 2. The summed E-state index contributed by atoms with van der Waals surface area (Å²) in [5.74, 6) is -2.34. The zero-order chi connectivity index (χ0) is 23.3. The molecule has 6 nitrogen and oxygen atoms in total. The van der Waals surface area contributed by atoms with Crippen LogP contribution in [0, 0.1) is 11.6 Å². The van der Waals surface area contributed by atoms with E-state index >= 15 is 0 Å². The van der Waals surface area contributed by atoms with E-state index in [1.807, 2.05) is 12.1 Å². The smallest absolute Gasteiger partial charge is 0.232 e. The molecule has 3 rings (SSSR count). The van der Waals surface area contributed by atoms with Crippen molar-refractivity contribution in [2.45, 2.75) is 38.6 Å². The molecule has 2 aromatic carbocycles. The van der Waals surface area contributed by atoms with Crippen molar-refractivity contribution in [3.8, 4) is 0 Å². The maximum absolute atomic E-state index is 13.5. The summed E-state index contributed by atoms with van der Waals surface area (Å²) < 4.78 is 51.8. The Bertz CT molecular complexity index is 1060. The number of amides is 1. The lowest BCUT2D eigenvalue weighted by atomic mass is 10.1. The van der Waals surface area contributed by atoms with Gasteiger partial charge in [-0.1, -0.05) is 18.2 Å². The molecule has 0 fully saturated rings. The van der Waals surface area contributed by atoms with E-state index < -0.39 is 21.7 Å². The van der Waals surface area contributed by atoms with Crippen LogP contribution in [0.15, 0.2) is 42.5 Å². The Morgan fingerprint density at radius 3 is 2.62 bits per heavy atom. The number of benzene rings is 2. The summed E-state index contributed by atoms with van der Waals surface area (Å²) >= 11 is 0. The second-order valence-corrected chi connectivity index (χ2v) is 10.0. The van der Waals surface area contributed by atoms with E-state index in [9.17, 15) is 22.0 Å². The molecule has 1 aliphatic heterocycles. The number of carbonyl (C=O) groups excluding carboxylic acids is 1. The van der Waals surface area contributed by atoms with Gasteiger partial charge in [0.05, 0.1) is 11.9 Å². The third-order valence-electron chi connectivity index (χ3n) is 5.60. The Morgan fingerprint density at radius 2 is 1.91 bits per heavy atom. The number of anilines is 2. The van der Waals surface area contributed by atoms with Gasteiger partial charge in [-0.15, -0.1) is 0 Å². The predicted molar refractivity (Wildman–Crippen MR) is 122 cm³/mol. The van der Waals surface area contributed by atoms with Crippen LogP contribution in [0.2, 0.25) is 0 Å². The first-order chi connectivity index (χ1) is 15.2. The van der Waals surface area contributed by atoms with Gasteiger partial charge in [0.25, 0.3) is 0 Å². The number of hydrogen-bond acceptors (Lipinski definition) is 4. The standard InChI is InChI=1S/C23H29F2N3O3S/c1-17-15-18-7-3-4-8-22(18)27(17)13-6-12-26-23(29)9-5-14-28(32(2,30)31)19-10-11-20(24)21(25)16-19/h3-4,7-8,10-11,16-17H,5-6,9,12-15H2,1-2H3,(H,26,29). The molecule has 9 heteroatoms. The van der Waals surface area contributed by atoms with Crippen molar-refractivity contribution in [3.05, 3.63) is 59.7 Å². The van der Waals surface area contributed by atoms with Crippen LogP contribution in [-0.4, -0.2) is 46.3 Å². The molecule has 0 aromatic heterocycles. The van der Waals surface area contributed by atoms with E-state index in [4.69, 9.17) is 0 Å². The van der Waals surface area contributed by atoms with E-state index in [0.717, 1.165) is 42.1 Å². The fraction of sp³-hybridized carbons (Fsp3) is 0.435. The lowest BCUT2D eigenvalue weighted by Gasteiger charge is -2.25. The van der Waals surface area contributed by atoms with Crippen LogP contribution < -0.4 is 14.5 Å². The Labute approximate surface area is 188 Å². The summed E-state index contributed by atoms with van der Waals surface area (Å²) in [6, 6.07) is 11.7. The number of halogens is 2. The highest BCUT2D eigenvalue weighted by Gasteiger charge is 2.24. The van der Waals surface area contributed by atoms with Gasteiger partial charge in [0.2, 0.25) is 15.9 Å². The molecule has 0 bridgehead atoms. The lowest BCUT2D eigenvalue weighted by molar-refractivity contribution is -0.121. The van der Waals surface area contributed by atoms with Gasteiger partial charge in [0, 0.05) is 43.9 Å². The SMILES string of the molecule is CC1Cc2ccccc2N1CCCNC(=O)CCCN(c1ccc(F)c(F)c1)S(C)(=O)=O. The summed E-state index contributed by atoms with van der Waals surface area (Å²) in [4.78, 5) is 14.5. The summed E-state index contributed by atoms with van der Waals surface area (Å²) in [6.07, 6.45) is 3.21. The van der Waals surface area contributed by atoms with Gasteiger partial charge in [-0.25, -0.2) is 17.2 Å². The molecule has 0 aliphatic carbocycles. The molecule has 2 aromatic rings. The van der Waals surface area contributed by atoms with Gasteiger partial charge in [-0.05, 0) is 49.9 Å². The van der Waals surface area contributed by atoms with Crippen LogP contribution in [0.25, 0.3) is 0 Å². The number of fused-ring (bicyclic) bond motifs is 1. The fourth-order valence-corrected chi connectivity index (χ4v) is 5.00. The minimum Gasteiger partial charge on any atom is -0.368 e. The first-order valence-electron chi connectivity index (χ1n) is 10.7. The Balaban J connectivity index is 1.43. The van der Waals surface area contributed by atoms with Gasteiger partial charge >= 0.3 is 0 Å². The molecule has 174 valence electrons. The maximum atomic E-state index is 13.5. The van der Waals surface area contributed by atoms with Gasteiger partial charge < -0.3 is 10.2 Å². The van der Waals surface area contributed by atoms with E-state index in [1.54, 1.807) is 0 Å². The Morgan fingerprint density at radius 1 is 1.16 bits per heavy atom. The van der Waals surface area contributed by atoms with Crippen LogP contribution in [0.3, 0.4) is 0 Å². The van der Waals surface area contributed by atoms with Crippen molar-refractivity contribution in [1.29, 1.82) is 0 Å². The molecule has 1 N–H and O–H groups in total. The molecule has 0 radical (unpaired) electrons. The average molecular weight is 466 g/mol. The quantitative estimate of drug-likeness (QED) is 0.546.